The van der Waals surface area contributed by atoms with Crippen LogP contribution in [0.2, 0.25) is 0 Å². The summed E-state index contributed by atoms with van der Waals surface area (Å²) in [5.74, 6) is -0.159. The molecule has 0 heterocycles. The monoisotopic (exact) mass is 270 g/mol. The topological polar surface area (TPSA) is 0 Å². The van der Waals surface area contributed by atoms with Gasteiger partial charge in [-0.2, -0.15) is 0 Å². The molecule has 0 amide bonds. The molecule has 2 aromatic rings. The average molecular weight is 270 g/mol. The van der Waals surface area contributed by atoms with Gasteiger partial charge in [0.25, 0.3) is 0 Å². The fourth-order valence-corrected chi connectivity index (χ4v) is 2.91. The van der Waals surface area contributed by atoms with E-state index >= 15 is 0 Å². The van der Waals surface area contributed by atoms with E-state index in [4.69, 9.17) is 0 Å². The number of benzene rings is 2. The van der Waals surface area contributed by atoms with Gasteiger partial charge in [-0.05, 0) is 72.6 Å². The van der Waals surface area contributed by atoms with Gasteiger partial charge >= 0.3 is 0 Å². The van der Waals surface area contributed by atoms with Crippen LogP contribution < -0.4 is 0 Å². The van der Waals surface area contributed by atoms with Gasteiger partial charge in [0.15, 0.2) is 0 Å². The second-order valence-electron chi connectivity index (χ2n) is 6.44. The molecule has 0 nitrogen and oxygen atoms in total. The zero-order valence-corrected chi connectivity index (χ0v) is 13.0. The van der Waals surface area contributed by atoms with E-state index in [0.717, 1.165) is 12.0 Å². The Bertz CT molecular complexity index is 624. The molecule has 0 fully saturated rings. The molecule has 0 saturated carbocycles. The Balaban J connectivity index is 2.32. The summed E-state index contributed by atoms with van der Waals surface area (Å²) >= 11 is 0. The first kappa shape index (κ1) is 14.8. The van der Waals surface area contributed by atoms with Gasteiger partial charge in [-0.1, -0.05) is 38.1 Å². The van der Waals surface area contributed by atoms with E-state index in [-0.39, 0.29) is 11.2 Å². The van der Waals surface area contributed by atoms with Crippen molar-refractivity contribution < 1.29 is 4.39 Å². The standard InChI is InChI=1S/C19H23F/c1-13-6-7-16(10-14(13)2)12-19(4,5)18-9-8-17(20)11-15(18)3/h6-11H,12H2,1-5H3. The Hall–Kier alpha value is -1.63. The lowest BCUT2D eigenvalue weighted by Gasteiger charge is -2.27. The van der Waals surface area contributed by atoms with Gasteiger partial charge in [0.05, 0.1) is 0 Å². The van der Waals surface area contributed by atoms with Crippen molar-refractivity contribution in [2.45, 2.75) is 46.5 Å². The predicted octanol–water partition coefficient (Wildman–Crippen LogP) is 5.27. The lowest BCUT2D eigenvalue weighted by atomic mass is 9.77. The Morgan fingerprint density at radius 2 is 1.55 bits per heavy atom. The van der Waals surface area contributed by atoms with Gasteiger partial charge in [0.1, 0.15) is 5.82 Å². The van der Waals surface area contributed by atoms with E-state index in [1.54, 1.807) is 12.1 Å². The third-order valence-corrected chi connectivity index (χ3v) is 4.13. The molecular formula is C19H23F. The number of aryl methyl sites for hydroxylation is 3. The lowest BCUT2D eigenvalue weighted by Crippen LogP contribution is -2.22. The predicted molar refractivity (Wildman–Crippen MR) is 83.8 cm³/mol. The maximum atomic E-state index is 13.3. The maximum absolute atomic E-state index is 13.3. The van der Waals surface area contributed by atoms with Crippen molar-refractivity contribution in [1.82, 2.24) is 0 Å². The first-order valence-electron chi connectivity index (χ1n) is 7.12. The summed E-state index contributed by atoms with van der Waals surface area (Å²) in [7, 11) is 0. The van der Waals surface area contributed by atoms with Gasteiger partial charge in [0.2, 0.25) is 0 Å². The summed E-state index contributed by atoms with van der Waals surface area (Å²) in [5.41, 5.74) is 6.23. The van der Waals surface area contributed by atoms with Crippen LogP contribution in [0, 0.1) is 26.6 Å². The summed E-state index contributed by atoms with van der Waals surface area (Å²) in [5, 5.41) is 0. The molecule has 106 valence electrons. The highest BCUT2D eigenvalue weighted by molar-refractivity contribution is 5.36. The molecule has 0 saturated heterocycles. The molecule has 0 atom stereocenters. The summed E-state index contributed by atoms with van der Waals surface area (Å²) in [6.45, 7) is 10.7. The Kier molecular flexibility index (Phi) is 3.99. The van der Waals surface area contributed by atoms with Crippen molar-refractivity contribution in [3.05, 3.63) is 70.0 Å². The van der Waals surface area contributed by atoms with E-state index in [1.165, 1.54) is 22.3 Å². The molecule has 2 aromatic carbocycles. The zero-order chi connectivity index (χ0) is 14.9. The minimum absolute atomic E-state index is 0.000514. The summed E-state index contributed by atoms with van der Waals surface area (Å²) in [6, 6.07) is 11.7. The number of hydrogen-bond acceptors (Lipinski definition) is 0. The highest BCUT2D eigenvalue weighted by Crippen LogP contribution is 2.31. The number of hydrogen-bond donors (Lipinski definition) is 0. The molecule has 20 heavy (non-hydrogen) atoms. The normalized spacial score (nSPS) is 11.7. The van der Waals surface area contributed by atoms with Crippen LogP contribution in [0.1, 0.15) is 41.7 Å². The van der Waals surface area contributed by atoms with Crippen molar-refractivity contribution in [2.24, 2.45) is 0 Å². The molecule has 0 unspecified atom stereocenters. The second kappa shape index (κ2) is 5.40. The van der Waals surface area contributed by atoms with Crippen LogP contribution in [-0.4, -0.2) is 0 Å². The number of rotatable bonds is 3. The molecule has 1 heteroatoms. The fourth-order valence-electron chi connectivity index (χ4n) is 2.91. The SMILES string of the molecule is Cc1ccc(CC(C)(C)c2ccc(F)cc2C)cc1C. The molecule has 0 spiro atoms. The molecule has 0 bridgehead atoms. The van der Waals surface area contributed by atoms with E-state index in [1.807, 2.05) is 13.0 Å². The van der Waals surface area contributed by atoms with Gasteiger partial charge in [-0.3, -0.25) is 0 Å². The number of halogens is 1. The molecule has 0 aliphatic rings. The van der Waals surface area contributed by atoms with E-state index in [0.29, 0.717) is 0 Å². The van der Waals surface area contributed by atoms with Crippen LogP contribution in [0.4, 0.5) is 4.39 Å². The molecule has 2 rings (SSSR count). The Morgan fingerprint density at radius 3 is 2.15 bits per heavy atom. The Morgan fingerprint density at radius 1 is 0.850 bits per heavy atom. The van der Waals surface area contributed by atoms with Crippen molar-refractivity contribution >= 4 is 0 Å². The van der Waals surface area contributed by atoms with Gasteiger partial charge in [-0.15, -0.1) is 0 Å². The fraction of sp³-hybridized carbons (Fsp3) is 0.368. The maximum Gasteiger partial charge on any atom is 0.123 e. The third kappa shape index (κ3) is 3.09. The van der Waals surface area contributed by atoms with Crippen LogP contribution in [0.25, 0.3) is 0 Å². The van der Waals surface area contributed by atoms with Crippen LogP contribution in [-0.2, 0) is 11.8 Å². The van der Waals surface area contributed by atoms with E-state index in [9.17, 15) is 4.39 Å². The highest BCUT2D eigenvalue weighted by Gasteiger charge is 2.23. The molecule has 0 aromatic heterocycles. The van der Waals surface area contributed by atoms with Crippen molar-refractivity contribution in [3.63, 3.8) is 0 Å². The molecule has 0 N–H and O–H groups in total. The van der Waals surface area contributed by atoms with Crippen LogP contribution >= 0.6 is 0 Å². The van der Waals surface area contributed by atoms with Gasteiger partial charge in [-0.25, -0.2) is 4.39 Å². The molecule has 0 radical (unpaired) electrons. The summed E-state index contributed by atoms with van der Waals surface area (Å²) in [4.78, 5) is 0. The lowest BCUT2D eigenvalue weighted by molar-refractivity contribution is 0.516. The minimum Gasteiger partial charge on any atom is -0.207 e. The summed E-state index contributed by atoms with van der Waals surface area (Å²) in [6.07, 6.45) is 0.959. The van der Waals surface area contributed by atoms with Gasteiger partial charge < -0.3 is 0 Å². The van der Waals surface area contributed by atoms with Crippen molar-refractivity contribution in [1.29, 1.82) is 0 Å². The quantitative estimate of drug-likeness (QED) is 0.712. The largest absolute Gasteiger partial charge is 0.207 e. The zero-order valence-electron chi connectivity index (χ0n) is 13.0. The first-order valence-corrected chi connectivity index (χ1v) is 7.12. The molecular weight excluding hydrogens is 247 g/mol. The van der Waals surface area contributed by atoms with Crippen molar-refractivity contribution in [3.8, 4) is 0 Å². The molecule has 0 aliphatic carbocycles. The van der Waals surface area contributed by atoms with Crippen molar-refractivity contribution in [2.75, 3.05) is 0 Å². The highest BCUT2D eigenvalue weighted by atomic mass is 19.1. The average Bonchev–Trinajstić information content (AvgIpc) is 2.33. The Labute approximate surface area is 121 Å². The summed E-state index contributed by atoms with van der Waals surface area (Å²) < 4.78 is 13.3. The van der Waals surface area contributed by atoms with E-state index in [2.05, 4.69) is 45.9 Å². The van der Waals surface area contributed by atoms with E-state index < -0.39 is 0 Å². The minimum atomic E-state index is -0.159. The molecule has 0 aliphatic heterocycles. The smallest absolute Gasteiger partial charge is 0.123 e. The first-order chi connectivity index (χ1) is 9.29. The van der Waals surface area contributed by atoms with Crippen LogP contribution in [0.5, 0.6) is 0 Å². The second-order valence-corrected chi connectivity index (χ2v) is 6.44. The third-order valence-electron chi connectivity index (χ3n) is 4.13. The van der Waals surface area contributed by atoms with Crippen LogP contribution in [0.15, 0.2) is 36.4 Å². The van der Waals surface area contributed by atoms with Gasteiger partial charge in [0, 0.05) is 0 Å². The van der Waals surface area contributed by atoms with Crippen LogP contribution in [0.3, 0.4) is 0 Å².